The molecule has 0 saturated carbocycles. The third-order valence-electron chi connectivity index (χ3n) is 4.01. The van der Waals surface area contributed by atoms with Gasteiger partial charge in [0.05, 0.1) is 11.4 Å². The first kappa shape index (κ1) is 13.8. The van der Waals surface area contributed by atoms with Crippen LogP contribution in [0, 0.1) is 5.82 Å². The molecule has 0 N–H and O–H groups in total. The lowest BCUT2D eigenvalue weighted by Crippen LogP contribution is -2.41. The van der Waals surface area contributed by atoms with Gasteiger partial charge in [-0.05, 0) is 37.3 Å². The quantitative estimate of drug-likeness (QED) is 0.694. The number of pyridine rings is 1. The van der Waals surface area contributed by atoms with Gasteiger partial charge in [-0.25, -0.2) is 9.37 Å². The monoisotopic (exact) mass is 311 g/mol. The zero-order chi connectivity index (χ0) is 16.1. The summed E-state index contributed by atoms with van der Waals surface area (Å²) >= 11 is 0. The van der Waals surface area contributed by atoms with Crippen LogP contribution in [0.4, 0.5) is 10.1 Å². The molecular weight excluding hydrogens is 297 g/mol. The summed E-state index contributed by atoms with van der Waals surface area (Å²) in [6.07, 6.45) is 2.65. The van der Waals surface area contributed by atoms with Gasteiger partial charge in [-0.15, -0.1) is 0 Å². The lowest BCUT2D eigenvalue weighted by atomic mass is 10.1. The topological polar surface area (TPSA) is 46.8 Å². The number of carbonyl (C=O) groups is 1. The van der Waals surface area contributed by atoms with Crippen molar-refractivity contribution >= 4 is 17.2 Å². The van der Waals surface area contributed by atoms with Crippen LogP contribution in [0.2, 0.25) is 0 Å². The molecule has 3 aromatic rings. The second-order valence-electron chi connectivity index (χ2n) is 5.58. The van der Waals surface area contributed by atoms with E-state index in [1.807, 2.05) is 18.2 Å². The molecule has 3 heterocycles. The molecule has 5 nitrogen and oxygen atoms in total. The number of amides is 1. The SMILES string of the molecule is CC1Oc2ccc(-c3cn4cc(F)ccc4n3)cc2N(C)C1=O. The molecule has 6 heteroatoms. The number of nitrogens with zero attached hydrogens (tertiary/aromatic N) is 3. The van der Waals surface area contributed by atoms with E-state index < -0.39 is 6.10 Å². The van der Waals surface area contributed by atoms with E-state index in [1.54, 1.807) is 35.5 Å². The average molecular weight is 311 g/mol. The maximum atomic E-state index is 13.3. The van der Waals surface area contributed by atoms with Gasteiger partial charge >= 0.3 is 0 Å². The number of ether oxygens (including phenoxy) is 1. The van der Waals surface area contributed by atoms with Crippen LogP contribution >= 0.6 is 0 Å². The van der Waals surface area contributed by atoms with E-state index in [1.165, 1.54) is 12.3 Å². The summed E-state index contributed by atoms with van der Waals surface area (Å²) in [5.74, 6) is 0.254. The van der Waals surface area contributed by atoms with E-state index in [2.05, 4.69) is 4.98 Å². The first-order chi connectivity index (χ1) is 11.0. The molecular formula is C17H14FN3O2. The van der Waals surface area contributed by atoms with Crippen LogP contribution in [0.3, 0.4) is 0 Å². The van der Waals surface area contributed by atoms with Crippen molar-refractivity contribution in [2.45, 2.75) is 13.0 Å². The predicted molar refractivity (Wildman–Crippen MR) is 84.1 cm³/mol. The molecule has 1 aromatic carbocycles. The van der Waals surface area contributed by atoms with Crippen molar-refractivity contribution in [3.05, 3.63) is 48.5 Å². The number of imidazole rings is 1. The number of anilines is 1. The molecule has 23 heavy (non-hydrogen) atoms. The van der Waals surface area contributed by atoms with Gasteiger partial charge in [-0.1, -0.05) is 0 Å². The summed E-state index contributed by atoms with van der Waals surface area (Å²) in [6, 6.07) is 8.57. The highest BCUT2D eigenvalue weighted by Crippen LogP contribution is 2.36. The van der Waals surface area contributed by atoms with Crippen molar-refractivity contribution in [3.8, 4) is 17.0 Å². The highest BCUT2D eigenvalue weighted by Gasteiger charge is 2.29. The van der Waals surface area contributed by atoms with E-state index in [9.17, 15) is 9.18 Å². The first-order valence-electron chi connectivity index (χ1n) is 7.26. The van der Waals surface area contributed by atoms with Crippen LogP contribution < -0.4 is 9.64 Å². The standard InChI is InChI=1S/C17H14FN3O2/c1-10-17(22)20(2)14-7-11(3-5-15(14)23-10)13-9-21-8-12(18)4-6-16(21)19-13/h3-10H,1-2H3. The molecule has 1 aliphatic heterocycles. The Kier molecular flexibility index (Phi) is 2.87. The normalized spacial score (nSPS) is 17.3. The number of fused-ring (bicyclic) bond motifs is 2. The molecule has 0 fully saturated rings. The summed E-state index contributed by atoms with van der Waals surface area (Å²) in [7, 11) is 1.73. The van der Waals surface area contributed by atoms with Gasteiger partial charge < -0.3 is 14.0 Å². The second kappa shape index (κ2) is 4.81. The van der Waals surface area contributed by atoms with Gasteiger partial charge in [0.15, 0.2) is 6.10 Å². The minimum atomic E-state index is -0.489. The first-order valence-corrected chi connectivity index (χ1v) is 7.26. The van der Waals surface area contributed by atoms with Gasteiger partial charge in [0.25, 0.3) is 5.91 Å². The number of halogens is 1. The van der Waals surface area contributed by atoms with Crippen LogP contribution in [0.1, 0.15) is 6.92 Å². The van der Waals surface area contributed by atoms with E-state index in [0.29, 0.717) is 22.8 Å². The van der Waals surface area contributed by atoms with Gasteiger partial charge in [0, 0.05) is 25.0 Å². The number of aromatic nitrogens is 2. The van der Waals surface area contributed by atoms with Gasteiger partial charge in [-0.3, -0.25) is 4.79 Å². The third kappa shape index (κ3) is 2.14. The third-order valence-corrected chi connectivity index (χ3v) is 4.01. The molecule has 0 radical (unpaired) electrons. The Labute approximate surface area is 131 Å². The average Bonchev–Trinajstić information content (AvgIpc) is 2.95. The smallest absolute Gasteiger partial charge is 0.267 e. The molecule has 1 aliphatic rings. The summed E-state index contributed by atoms with van der Waals surface area (Å²) in [4.78, 5) is 18.1. The highest BCUT2D eigenvalue weighted by atomic mass is 19.1. The van der Waals surface area contributed by atoms with Crippen molar-refractivity contribution in [1.29, 1.82) is 0 Å². The Morgan fingerprint density at radius 3 is 2.87 bits per heavy atom. The molecule has 0 spiro atoms. The van der Waals surface area contributed by atoms with Crippen molar-refractivity contribution in [1.82, 2.24) is 9.38 Å². The fourth-order valence-electron chi connectivity index (χ4n) is 2.77. The second-order valence-corrected chi connectivity index (χ2v) is 5.58. The van der Waals surface area contributed by atoms with Gasteiger partial charge in [0.1, 0.15) is 17.2 Å². The zero-order valence-corrected chi connectivity index (χ0v) is 12.7. The number of likely N-dealkylation sites (N-methyl/N-ethyl adjacent to an activating group) is 1. The van der Waals surface area contributed by atoms with Crippen molar-refractivity contribution in [2.24, 2.45) is 0 Å². The molecule has 1 unspecified atom stereocenters. The Hall–Kier alpha value is -2.89. The van der Waals surface area contributed by atoms with E-state index in [4.69, 9.17) is 4.74 Å². The Balaban J connectivity index is 1.81. The molecule has 4 rings (SSSR count). The van der Waals surface area contributed by atoms with Crippen LogP contribution in [-0.2, 0) is 4.79 Å². The molecule has 1 amide bonds. The van der Waals surface area contributed by atoms with Crippen LogP contribution in [0.15, 0.2) is 42.7 Å². The zero-order valence-electron chi connectivity index (χ0n) is 12.7. The number of rotatable bonds is 1. The van der Waals surface area contributed by atoms with Gasteiger partial charge in [-0.2, -0.15) is 0 Å². The number of hydrogen-bond donors (Lipinski definition) is 0. The Morgan fingerprint density at radius 2 is 2.04 bits per heavy atom. The van der Waals surface area contributed by atoms with Crippen LogP contribution in [-0.4, -0.2) is 28.4 Å². The minimum Gasteiger partial charge on any atom is -0.479 e. The predicted octanol–water partition coefficient (Wildman–Crippen LogP) is 2.88. The number of carbonyl (C=O) groups excluding carboxylic acids is 1. The van der Waals surface area contributed by atoms with Gasteiger partial charge in [0.2, 0.25) is 0 Å². The van der Waals surface area contributed by atoms with Crippen LogP contribution in [0.25, 0.3) is 16.9 Å². The Bertz CT molecular complexity index is 935. The van der Waals surface area contributed by atoms with E-state index in [0.717, 1.165) is 5.56 Å². The maximum absolute atomic E-state index is 13.3. The van der Waals surface area contributed by atoms with Crippen molar-refractivity contribution < 1.29 is 13.9 Å². The van der Waals surface area contributed by atoms with E-state index >= 15 is 0 Å². The minimum absolute atomic E-state index is 0.0910. The lowest BCUT2D eigenvalue weighted by Gasteiger charge is -2.30. The highest BCUT2D eigenvalue weighted by molar-refractivity contribution is 6.00. The largest absolute Gasteiger partial charge is 0.479 e. The summed E-state index contributed by atoms with van der Waals surface area (Å²) in [5.41, 5.74) is 2.91. The number of benzene rings is 1. The molecule has 2 aromatic heterocycles. The van der Waals surface area contributed by atoms with Crippen molar-refractivity contribution in [3.63, 3.8) is 0 Å². The van der Waals surface area contributed by atoms with Crippen molar-refractivity contribution in [2.75, 3.05) is 11.9 Å². The summed E-state index contributed by atoms with van der Waals surface area (Å²) in [6.45, 7) is 1.73. The summed E-state index contributed by atoms with van der Waals surface area (Å²) in [5, 5.41) is 0. The maximum Gasteiger partial charge on any atom is 0.267 e. The summed E-state index contributed by atoms with van der Waals surface area (Å²) < 4.78 is 20.5. The Morgan fingerprint density at radius 1 is 1.22 bits per heavy atom. The fourth-order valence-corrected chi connectivity index (χ4v) is 2.77. The molecule has 116 valence electrons. The fraction of sp³-hybridized carbons (Fsp3) is 0.176. The van der Waals surface area contributed by atoms with E-state index in [-0.39, 0.29) is 11.7 Å². The molecule has 0 bridgehead atoms. The lowest BCUT2D eigenvalue weighted by molar-refractivity contribution is -0.125. The molecule has 0 saturated heterocycles. The molecule has 1 atom stereocenters. The van der Waals surface area contributed by atoms with Crippen LogP contribution in [0.5, 0.6) is 5.75 Å². The molecule has 0 aliphatic carbocycles. The number of hydrogen-bond acceptors (Lipinski definition) is 3.